The van der Waals surface area contributed by atoms with E-state index in [1.807, 2.05) is 6.07 Å². The predicted octanol–water partition coefficient (Wildman–Crippen LogP) is 1.10. The molecule has 3 nitrogen and oxygen atoms in total. The van der Waals surface area contributed by atoms with Gasteiger partial charge in [-0.3, -0.25) is 0 Å². The molecule has 0 saturated carbocycles. The highest BCUT2D eigenvalue weighted by atomic mass is 32.2. The summed E-state index contributed by atoms with van der Waals surface area (Å²) in [4.78, 5) is 0. The van der Waals surface area contributed by atoms with Crippen LogP contribution < -0.4 is 0 Å². The lowest BCUT2D eigenvalue weighted by Crippen LogP contribution is -2.00. The van der Waals surface area contributed by atoms with Crippen LogP contribution in [-0.4, -0.2) is 20.4 Å². The molecular weight excluding hydrogens is 186 g/mol. The zero-order valence-corrected chi connectivity index (χ0v) is 7.91. The van der Waals surface area contributed by atoms with Crippen molar-refractivity contribution in [2.24, 2.45) is 0 Å². The molecule has 0 aliphatic rings. The van der Waals surface area contributed by atoms with E-state index in [1.165, 1.54) is 11.6 Å². The Morgan fingerprint density at radius 3 is 2.69 bits per heavy atom. The lowest BCUT2D eigenvalue weighted by atomic mass is 10.1. The van der Waals surface area contributed by atoms with Crippen LogP contribution in [0, 0.1) is 11.3 Å². The van der Waals surface area contributed by atoms with Gasteiger partial charge in [-0.2, -0.15) is 5.26 Å². The topological polar surface area (TPSA) is 61.1 Å². The molecule has 0 heterocycles. The van der Waals surface area contributed by atoms with Crippen LogP contribution in [0.25, 0.3) is 0 Å². The van der Waals surface area contributed by atoms with Gasteiger partial charge in [0.05, 0.1) is 21.4 Å². The van der Waals surface area contributed by atoms with Crippen LogP contribution in [0.4, 0.5) is 0 Å². The van der Waals surface area contributed by atoms with Gasteiger partial charge in [-0.05, 0) is 6.07 Å². The highest BCUT2D eigenvalue weighted by molar-refractivity contribution is 7.95. The Balaban J connectivity index is 3.34. The van der Waals surface area contributed by atoms with Gasteiger partial charge in [0.15, 0.2) is 0 Å². The van der Waals surface area contributed by atoms with Gasteiger partial charge in [0.1, 0.15) is 0 Å². The van der Waals surface area contributed by atoms with E-state index in [2.05, 4.69) is 0 Å². The molecule has 1 unspecified atom stereocenters. The fourth-order valence-corrected chi connectivity index (χ4v) is 1.61. The minimum absolute atomic E-state index is 0.408. The smallest absolute Gasteiger partial charge is 0.0998 e. The van der Waals surface area contributed by atoms with Crippen LogP contribution in [0.1, 0.15) is 11.1 Å². The number of nitrogens with zero attached hydrogens (tertiary/aromatic N) is 1. The van der Waals surface area contributed by atoms with Gasteiger partial charge >= 0.3 is 0 Å². The maximum Gasteiger partial charge on any atom is 0.0998 e. The molecule has 1 aromatic rings. The minimum Gasteiger partial charge on any atom is -0.314 e. The summed E-state index contributed by atoms with van der Waals surface area (Å²) >= 11 is 0. The first-order valence-electron chi connectivity index (χ1n) is 3.58. The maximum atomic E-state index is 11.0. The zero-order chi connectivity index (χ0) is 9.90. The number of rotatable bonds is 1. The van der Waals surface area contributed by atoms with Crippen LogP contribution in [0.3, 0.4) is 0 Å². The third-order valence-electron chi connectivity index (χ3n) is 1.43. The third kappa shape index (κ3) is 2.90. The molecule has 0 aromatic heterocycles. The van der Waals surface area contributed by atoms with Crippen molar-refractivity contribution in [3.05, 3.63) is 35.4 Å². The summed E-state index contributed by atoms with van der Waals surface area (Å²) in [5, 5.41) is 9.87. The van der Waals surface area contributed by atoms with E-state index in [9.17, 15) is 4.21 Å². The molecule has 0 bridgehead atoms. The summed E-state index contributed by atoms with van der Waals surface area (Å²) in [7, 11) is -2.94. The molecule has 0 aliphatic carbocycles. The predicted molar refractivity (Wildman–Crippen MR) is 53.0 cm³/mol. The van der Waals surface area contributed by atoms with Gasteiger partial charge in [0, 0.05) is 17.2 Å². The van der Waals surface area contributed by atoms with Gasteiger partial charge in [0.2, 0.25) is 0 Å². The minimum atomic E-state index is -2.94. The van der Waals surface area contributed by atoms with Gasteiger partial charge in [-0.25, -0.2) is 4.21 Å². The van der Waals surface area contributed by atoms with Crippen molar-refractivity contribution in [2.75, 3.05) is 6.26 Å². The number of nitriles is 1. The van der Waals surface area contributed by atoms with Crippen LogP contribution in [0.5, 0.6) is 0 Å². The molecule has 4 heteroatoms. The van der Waals surface area contributed by atoms with E-state index in [0.29, 0.717) is 11.1 Å². The Labute approximate surface area is 77.5 Å². The van der Waals surface area contributed by atoms with Crippen LogP contribution in [-0.2, 0) is 9.80 Å². The van der Waals surface area contributed by atoms with Crippen molar-refractivity contribution in [2.45, 2.75) is 0 Å². The molecule has 0 radical (unpaired) electrons. The highest BCUT2D eigenvalue weighted by Gasteiger charge is 1.99. The van der Waals surface area contributed by atoms with E-state index >= 15 is 0 Å². The van der Waals surface area contributed by atoms with E-state index < -0.39 is 9.80 Å². The second-order valence-corrected chi connectivity index (χ2v) is 4.64. The van der Waals surface area contributed by atoms with Crippen molar-refractivity contribution in [1.29, 1.82) is 5.26 Å². The highest BCUT2D eigenvalue weighted by Crippen LogP contribution is 2.04. The maximum absolute atomic E-state index is 11.0. The molecule has 13 heavy (non-hydrogen) atoms. The molecule has 0 fully saturated rings. The SMILES string of the molecule is CS(=O)(O)=Cc1ccccc1C#N. The van der Waals surface area contributed by atoms with Gasteiger partial charge in [0.25, 0.3) is 0 Å². The second-order valence-electron chi connectivity index (χ2n) is 2.68. The van der Waals surface area contributed by atoms with Crippen molar-refractivity contribution in [1.82, 2.24) is 0 Å². The summed E-state index contributed by atoms with van der Waals surface area (Å²) in [6.07, 6.45) is 1.21. The Kier molecular flexibility index (Phi) is 2.71. The van der Waals surface area contributed by atoms with Crippen molar-refractivity contribution in [3.8, 4) is 6.07 Å². The van der Waals surface area contributed by atoms with Crippen molar-refractivity contribution in [3.63, 3.8) is 0 Å². The Morgan fingerprint density at radius 2 is 2.15 bits per heavy atom. The van der Waals surface area contributed by atoms with Crippen LogP contribution in [0.15, 0.2) is 24.3 Å². The van der Waals surface area contributed by atoms with Crippen LogP contribution in [0.2, 0.25) is 0 Å². The monoisotopic (exact) mass is 195 g/mol. The largest absolute Gasteiger partial charge is 0.314 e. The fourth-order valence-electron chi connectivity index (χ4n) is 0.937. The van der Waals surface area contributed by atoms with Crippen molar-refractivity contribution >= 4 is 15.2 Å². The standard InChI is InChI=1S/C9H9NO2S/c1-13(11,12)7-9-5-3-2-4-8(9)6-10/h2-5,7H,1H3,(H,11,12). The van der Waals surface area contributed by atoms with Gasteiger partial charge in [-0.1, -0.05) is 18.2 Å². The summed E-state index contributed by atoms with van der Waals surface area (Å²) in [6, 6.07) is 8.63. The molecule has 1 rings (SSSR count). The average Bonchev–Trinajstić information content (AvgIpc) is 2.02. The molecule has 1 N–H and O–H groups in total. The number of hydrogen-bond donors (Lipinski definition) is 1. The molecule has 1 aromatic carbocycles. The second kappa shape index (κ2) is 3.60. The Hall–Kier alpha value is -1.31. The Bertz CT molecular complexity index is 457. The first-order chi connectivity index (χ1) is 6.03. The van der Waals surface area contributed by atoms with Gasteiger partial charge in [-0.15, -0.1) is 0 Å². The summed E-state index contributed by atoms with van der Waals surface area (Å²) < 4.78 is 20.1. The summed E-state index contributed by atoms with van der Waals surface area (Å²) in [5.74, 6) is 0. The normalized spacial score (nSPS) is 14.2. The third-order valence-corrected chi connectivity index (χ3v) is 2.12. The van der Waals surface area contributed by atoms with Crippen LogP contribution >= 0.6 is 0 Å². The lowest BCUT2D eigenvalue weighted by Gasteiger charge is -1.97. The molecule has 0 amide bonds. The lowest BCUT2D eigenvalue weighted by molar-refractivity contribution is 0.566. The van der Waals surface area contributed by atoms with E-state index in [-0.39, 0.29) is 0 Å². The molecule has 0 saturated heterocycles. The summed E-state index contributed by atoms with van der Waals surface area (Å²) in [6.45, 7) is 0. The average molecular weight is 195 g/mol. The molecule has 0 aliphatic heterocycles. The molecule has 68 valence electrons. The first-order valence-corrected chi connectivity index (χ1v) is 5.57. The quantitative estimate of drug-likeness (QED) is 0.682. The molecule has 0 spiro atoms. The number of hydrogen-bond acceptors (Lipinski definition) is 2. The van der Waals surface area contributed by atoms with Gasteiger partial charge < -0.3 is 4.55 Å². The first kappa shape index (κ1) is 9.78. The Morgan fingerprint density at radius 1 is 1.54 bits per heavy atom. The van der Waals surface area contributed by atoms with Crippen molar-refractivity contribution < 1.29 is 8.76 Å². The molecule has 1 atom stereocenters. The van der Waals surface area contributed by atoms with E-state index in [4.69, 9.17) is 9.81 Å². The molecular formula is C9H9NO2S. The van der Waals surface area contributed by atoms with E-state index in [1.54, 1.807) is 24.3 Å². The number of benzene rings is 1. The fraction of sp³-hybridized carbons (Fsp3) is 0.111. The zero-order valence-electron chi connectivity index (χ0n) is 7.10. The summed E-state index contributed by atoms with van der Waals surface area (Å²) in [5.41, 5.74) is 0.908. The van der Waals surface area contributed by atoms with E-state index in [0.717, 1.165) is 0 Å².